The van der Waals surface area contributed by atoms with Crippen molar-refractivity contribution >= 4 is 17.4 Å². The van der Waals surface area contributed by atoms with Gasteiger partial charge in [0.1, 0.15) is 5.69 Å². The minimum atomic E-state index is -0.298. The number of para-hydroxylation sites is 1. The number of aromatic amines is 1. The average molecular weight is 348 g/mol. The van der Waals surface area contributed by atoms with Crippen LogP contribution in [0.1, 0.15) is 32.0 Å². The Bertz CT molecular complexity index is 890. The number of aromatic nitrogens is 2. The van der Waals surface area contributed by atoms with Crippen LogP contribution in [0, 0.1) is 6.92 Å². The summed E-state index contributed by atoms with van der Waals surface area (Å²) in [7, 11) is 0. The lowest BCUT2D eigenvalue weighted by molar-refractivity contribution is 0.262. The van der Waals surface area contributed by atoms with Gasteiger partial charge in [0.15, 0.2) is 0 Å². The van der Waals surface area contributed by atoms with E-state index in [0.29, 0.717) is 5.69 Å². The minimum Gasteiger partial charge on any atom is -0.308 e. The molecule has 3 N–H and O–H groups in total. The minimum absolute atomic E-state index is 0.0939. The van der Waals surface area contributed by atoms with E-state index < -0.39 is 0 Å². The van der Waals surface area contributed by atoms with Gasteiger partial charge in [-0.25, -0.2) is 4.79 Å². The zero-order valence-corrected chi connectivity index (χ0v) is 15.6. The lowest BCUT2D eigenvalue weighted by Gasteiger charge is -2.19. The third-order valence-electron chi connectivity index (χ3n) is 4.24. The van der Waals surface area contributed by atoms with Crippen LogP contribution in [-0.4, -0.2) is 16.2 Å². The van der Waals surface area contributed by atoms with E-state index in [-0.39, 0.29) is 11.4 Å². The van der Waals surface area contributed by atoms with Crippen LogP contribution >= 0.6 is 0 Å². The van der Waals surface area contributed by atoms with Crippen LogP contribution in [-0.2, 0) is 5.41 Å². The summed E-state index contributed by atoms with van der Waals surface area (Å²) in [5, 5.41) is 13.1. The van der Waals surface area contributed by atoms with Gasteiger partial charge >= 0.3 is 6.03 Å². The Labute approximate surface area is 153 Å². The van der Waals surface area contributed by atoms with Crippen molar-refractivity contribution in [1.82, 2.24) is 10.2 Å². The number of nitrogens with one attached hydrogen (secondary N) is 3. The summed E-state index contributed by atoms with van der Waals surface area (Å²) in [6, 6.07) is 17.3. The number of nitrogens with zero attached hydrogens (tertiary/aromatic N) is 1. The third kappa shape index (κ3) is 3.94. The van der Waals surface area contributed by atoms with E-state index in [4.69, 9.17) is 0 Å². The Morgan fingerprint density at radius 2 is 1.62 bits per heavy atom. The van der Waals surface area contributed by atoms with Crippen molar-refractivity contribution < 1.29 is 4.79 Å². The highest BCUT2D eigenvalue weighted by molar-refractivity contribution is 6.02. The molecule has 5 nitrogen and oxygen atoms in total. The Morgan fingerprint density at radius 1 is 0.962 bits per heavy atom. The van der Waals surface area contributed by atoms with Crippen molar-refractivity contribution in [3.63, 3.8) is 0 Å². The average Bonchev–Trinajstić information content (AvgIpc) is 2.96. The van der Waals surface area contributed by atoms with Crippen LogP contribution in [0.2, 0.25) is 0 Å². The van der Waals surface area contributed by atoms with Crippen LogP contribution in [0.3, 0.4) is 0 Å². The van der Waals surface area contributed by atoms with Crippen molar-refractivity contribution in [1.29, 1.82) is 0 Å². The number of hydrogen-bond acceptors (Lipinski definition) is 2. The lowest BCUT2D eigenvalue weighted by atomic mass is 9.86. The number of anilines is 2. The van der Waals surface area contributed by atoms with Crippen LogP contribution in [0.5, 0.6) is 0 Å². The molecule has 2 aromatic carbocycles. The third-order valence-corrected chi connectivity index (χ3v) is 4.24. The van der Waals surface area contributed by atoms with Crippen molar-refractivity contribution in [3.8, 4) is 11.3 Å². The van der Waals surface area contributed by atoms with E-state index in [0.717, 1.165) is 22.6 Å². The van der Waals surface area contributed by atoms with Crippen LogP contribution in [0.4, 0.5) is 16.2 Å². The van der Waals surface area contributed by atoms with E-state index in [1.807, 2.05) is 49.4 Å². The van der Waals surface area contributed by atoms with Gasteiger partial charge in [-0.15, -0.1) is 0 Å². The number of carbonyl (C=O) groups excluding carboxylic acids is 1. The Morgan fingerprint density at radius 3 is 2.23 bits per heavy atom. The van der Waals surface area contributed by atoms with E-state index in [2.05, 4.69) is 53.7 Å². The molecule has 0 aliphatic rings. The summed E-state index contributed by atoms with van der Waals surface area (Å²) in [5.74, 6) is 0. The summed E-state index contributed by atoms with van der Waals surface area (Å²) in [4.78, 5) is 12.3. The zero-order chi connectivity index (χ0) is 18.7. The zero-order valence-electron chi connectivity index (χ0n) is 15.6. The summed E-state index contributed by atoms with van der Waals surface area (Å²) in [5.41, 5.74) is 5.26. The quantitative estimate of drug-likeness (QED) is 0.599. The molecular formula is C21H24N4O. The van der Waals surface area contributed by atoms with Crippen LogP contribution in [0.15, 0.2) is 54.6 Å². The fourth-order valence-corrected chi connectivity index (χ4v) is 2.72. The monoisotopic (exact) mass is 348 g/mol. The number of aryl methyl sites for hydroxylation is 1. The molecule has 0 spiro atoms. The SMILES string of the molecule is Cc1[nH]nc(-c2ccc(C(C)(C)C)cc2)c1NC(=O)Nc1ccccc1. The Balaban J connectivity index is 1.82. The molecular weight excluding hydrogens is 324 g/mol. The highest BCUT2D eigenvalue weighted by Gasteiger charge is 2.17. The first-order valence-electron chi connectivity index (χ1n) is 8.63. The fourth-order valence-electron chi connectivity index (χ4n) is 2.72. The second-order valence-corrected chi connectivity index (χ2v) is 7.34. The number of H-pyrrole nitrogens is 1. The topological polar surface area (TPSA) is 69.8 Å². The highest BCUT2D eigenvalue weighted by Crippen LogP contribution is 2.31. The van der Waals surface area contributed by atoms with Gasteiger partial charge in [0.05, 0.1) is 11.4 Å². The molecule has 0 saturated carbocycles. The van der Waals surface area contributed by atoms with Crippen molar-refractivity contribution in [2.75, 3.05) is 10.6 Å². The maximum atomic E-state index is 12.3. The molecule has 0 saturated heterocycles. The molecule has 0 atom stereocenters. The van der Waals surface area contributed by atoms with Crippen LogP contribution < -0.4 is 10.6 Å². The molecule has 1 aromatic heterocycles. The molecule has 0 unspecified atom stereocenters. The van der Waals surface area contributed by atoms with E-state index in [1.54, 1.807) is 0 Å². The summed E-state index contributed by atoms with van der Waals surface area (Å²) < 4.78 is 0. The smallest absolute Gasteiger partial charge is 0.308 e. The number of benzene rings is 2. The first-order valence-corrected chi connectivity index (χ1v) is 8.63. The molecule has 26 heavy (non-hydrogen) atoms. The molecule has 0 bridgehead atoms. The standard InChI is InChI=1S/C21H24N4O/c1-14-18(23-20(26)22-17-8-6-5-7-9-17)19(25-24-14)15-10-12-16(13-11-15)21(2,3)4/h5-13H,1-4H3,(H,24,25)(H2,22,23,26). The van der Waals surface area contributed by atoms with Gasteiger partial charge in [-0.1, -0.05) is 63.2 Å². The number of amides is 2. The van der Waals surface area contributed by atoms with Gasteiger partial charge in [-0.2, -0.15) is 5.10 Å². The summed E-state index contributed by atoms with van der Waals surface area (Å²) in [6.45, 7) is 8.43. The molecule has 0 aliphatic carbocycles. The predicted molar refractivity (Wildman–Crippen MR) is 107 cm³/mol. The van der Waals surface area contributed by atoms with Crippen molar-refractivity contribution in [2.24, 2.45) is 0 Å². The number of urea groups is 1. The van der Waals surface area contributed by atoms with Gasteiger partial charge in [0.2, 0.25) is 0 Å². The number of hydrogen-bond donors (Lipinski definition) is 3. The fraction of sp³-hybridized carbons (Fsp3) is 0.238. The molecule has 3 aromatic rings. The van der Waals surface area contributed by atoms with Crippen molar-refractivity contribution in [2.45, 2.75) is 33.1 Å². The van der Waals surface area contributed by atoms with E-state index in [1.165, 1.54) is 5.56 Å². The van der Waals surface area contributed by atoms with Gasteiger partial charge in [0, 0.05) is 11.3 Å². The molecule has 0 aliphatic heterocycles. The molecule has 3 rings (SSSR count). The number of carbonyl (C=O) groups is 1. The van der Waals surface area contributed by atoms with Gasteiger partial charge in [-0.3, -0.25) is 5.10 Å². The largest absolute Gasteiger partial charge is 0.323 e. The van der Waals surface area contributed by atoms with Gasteiger partial charge in [-0.05, 0) is 30.0 Å². The normalized spacial score (nSPS) is 11.2. The molecule has 0 fully saturated rings. The van der Waals surface area contributed by atoms with E-state index in [9.17, 15) is 4.79 Å². The first-order chi connectivity index (χ1) is 12.3. The summed E-state index contributed by atoms with van der Waals surface area (Å²) >= 11 is 0. The first kappa shape index (κ1) is 17.7. The Hall–Kier alpha value is -3.08. The lowest BCUT2D eigenvalue weighted by Crippen LogP contribution is -2.20. The molecule has 134 valence electrons. The summed E-state index contributed by atoms with van der Waals surface area (Å²) in [6.07, 6.45) is 0. The highest BCUT2D eigenvalue weighted by atomic mass is 16.2. The molecule has 2 amide bonds. The predicted octanol–water partition coefficient (Wildman–Crippen LogP) is 5.33. The number of rotatable bonds is 3. The maximum Gasteiger partial charge on any atom is 0.323 e. The molecule has 1 heterocycles. The maximum absolute atomic E-state index is 12.3. The van der Waals surface area contributed by atoms with Crippen molar-refractivity contribution in [3.05, 3.63) is 65.9 Å². The molecule has 0 radical (unpaired) electrons. The van der Waals surface area contributed by atoms with Gasteiger partial charge in [0.25, 0.3) is 0 Å². The second kappa shape index (κ2) is 7.04. The second-order valence-electron chi connectivity index (χ2n) is 7.34. The Kier molecular flexibility index (Phi) is 4.80. The molecule has 5 heteroatoms. The van der Waals surface area contributed by atoms with E-state index >= 15 is 0 Å². The van der Waals surface area contributed by atoms with Crippen LogP contribution in [0.25, 0.3) is 11.3 Å². The van der Waals surface area contributed by atoms with Gasteiger partial charge < -0.3 is 10.6 Å².